The maximum Gasteiger partial charge on any atom is 0.220 e. The molecule has 25 heavy (non-hydrogen) atoms. The number of fused-ring (bicyclic) bond motifs is 1. The zero-order chi connectivity index (χ0) is 17.5. The van der Waals surface area contributed by atoms with E-state index in [9.17, 15) is 4.79 Å². The minimum atomic E-state index is 0.125. The molecule has 3 N–H and O–H groups in total. The monoisotopic (exact) mass is 344 g/mol. The van der Waals surface area contributed by atoms with Gasteiger partial charge >= 0.3 is 0 Å². The third-order valence-corrected chi connectivity index (χ3v) is 5.11. The lowest BCUT2D eigenvalue weighted by atomic mass is 9.86. The number of carbonyl (C=O) groups is 1. The first-order chi connectivity index (χ1) is 12.3. The zero-order valence-electron chi connectivity index (χ0n) is 14.9. The molecule has 2 aromatic rings. The van der Waals surface area contributed by atoms with Crippen molar-refractivity contribution in [2.45, 2.75) is 64.3 Å². The summed E-state index contributed by atoms with van der Waals surface area (Å²) in [5.41, 5.74) is 1.44. The average Bonchev–Trinajstić information content (AvgIpc) is 3.14. The summed E-state index contributed by atoms with van der Waals surface area (Å²) < 4.78 is 0. The molecule has 1 aliphatic rings. The first-order valence-corrected chi connectivity index (χ1v) is 9.43. The van der Waals surface area contributed by atoms with E-state index in [1.165, 1.54) is 38.4 Å². The SMILES string of the molecule is CCC(CNC(=O)CCC1CCCCC1)Nc1ncnc2nc[nH]c12. The summed E-state index contributed by atoms with van der Waals surface area (Å²) in [5, 5.41) is 6.45. The highest BCUT2D eigenvalue weighted by Gasteiger charge is 2.16. The Morgan fingerprint density at radius 3 is 2.92 bits per heavy atom. The number of imidazole rings is 1. The van der Waals surface area contributed by atoms with Crippen molar-refractivity contribution in [3.8, 4) is 0 Å². The lowest BCUT2D eigenvalue weighted by Crippen LogP contribution is -2.36. The molecule has 136 valence electrons. The van der Waals surface area contributed by atoms with Crippen LogP contribution in [0.25, 0.3) is 11.2 Å². The molecule has 7 heteroatoms. The number of hydrogen-bond acceptors (Lipinski definition) is 5. The number of hydrogen-bond donors (Lipinski definition) is 3. The Labute approximate surface area is 148 Å². The minimum absolute atomic E-state index is 0.125. The third-order valence-electron chi connectivity index (χ3n) is 5.11. The Bertz CT molecular complexity index is 679. The van der Waals surface area contributed by atoms with Crippen molar-refractivity contribution in [2.75, 3.05) is 11.9 Å². The maximum atomic E-state index is 12.1. The number of aromatic amines is 1. The minimum Gasteiger partial charge on any atom is -0.364 e. The molecule has 0 radical (unpaired) electrons. The summed E-state index contributed by atoms with van der Waals surface area (Å²) in [6, 6.07) is 0.125. The van der Waals surface area contributed by atoms with Crippen molar-refractivity contribution in [3.05, 3.63) is 12.7 Å². The normalized spacial score (nSPS) is 16.7. The van der Waals surface area contributed by atoms with E-state index < -0.39 is 0 Å². The summed E-state index contributed by atoms with van der Waals surface area (Å²) in [6.07, 6.45) is 12.3. The van der Waals surface area contributed by atoms with Crippen LogP contribution in [-0.2, 0) is 4.79 Å². The van der Waals surface area contributed by atoms with Gasteiger partial charge in [-0.3, -0.25) is 4.79 Å². The number of aromatic nitrogens is 4. The number of H-pyrrole nitrogens is 1. The first-order valence-electron chi connectivity index (χ1n) is 9.43. The molecule has 2 heterocycles. The van der Waals surface area contributed by atoms with Gasteiger partial charge in [0.15, 0.2) is 11.5 Å². The van der Waals surface area contributed by atoms with E-state index >= 15 is 0 Å². The van der Waals surface area contributed by atoms with Gasteiger partial charge in [-0.25, -0.2) is 15.0 Å². The van der Waals surface area contributed by atoms with E-state index in [0.717, 1.165) is 30.1 Å². The molecule has 1 aliphatic carbocycles. The first kappa shape index (κ1) is 17.6. The van der Waals surface area contributed by atoms with Gasteiger partial charge in [0.2, 0.25) is 5.91 Å². The Morgan fingerprint density at radius 2 is 2.12 bits per heavy atom. The lowest BCUT2D eigenvalue weighted by Gasteiger charge is -2.22. The van der Waals surface area contributed by atoms with E-state index in [1.54, 1.807) is 6.33 Å². The second-order valence-electron chi connectivity index (χ2n) is 6.92. The van der Waals surface area contributed by atoms with Gasteiger partial charge in [-0.2, -0.15) is 0 Å². The second kappa shape index (κ2) is 8.78. The fraction of sp³-hybridized carbons (Fsp3) is 0.667. The highest BCUT2D eigenvalue weighted by atomic mass is 16.1. The van der Waals surface area contributed by atoms with Crippen LogP contribution in [0.4, 0.5) is 5.82 Å². The zero-order valence-corrected chi connectivity index (χ0v) is 14.9. The van der Waals surface area contributed by atoms with Crippen molar-refractivity contribution in [1.82, 2.24) is 25.3 Å². The van der Waals surface area contributed by atoms with Crippen molar-refractivity contribution in [1.29, 1.82) is 0 Å². The number of nitrogens with one attached hydrogen (secondary N) is 3. The van der Waals surface area contributed by atoms with Gasteiger partial charge in [-0.1, -0.05) is 39.0 Å². The molecule has 7 nitrogen and oxygen atoms in total. The molecule has 1 amide bonds. The molecule has 0 bridgehead atoms. The Balaban J connectivity index is 1.45. The quantitative estimate of drug-likeness (QED) is 0.684. The summed E-state index contributed by atoms with van der Waals surface area (Å²) in [5.74, 6) is 1.63. The highest BCUT2D eigenvalue weighted by Crippen LogP contribution is 2.27. The molecule has 1 fully saturated rings. The van der Waals surface area contributed by atoms with E-state index in [1.807, 2.05) is 0 Å². The Morgan fingerprint density at radius 1 is 1.28 bits per heavy atom. The maximum absolute atomic E-state index is 12.1. The Kier molecular flexibility index (Phi) is 6.19. The fourth-order valence-corrected chi connectivity index (χ4v) is 3.50. The molecule has 0 aliphatic heterocycles. The molecular formula is C18H28N6O. The topological polar surface area (TPSA) is 95.6 Å². The number of amides is 1. The molecule has 1 saturated carbocycles. The van der Waals surface area contributed by atoms with E-state index in [0.29, 0.717) is 18.6 Å². The number of anilines is 1. The predicted octanol–water partition coefficient (Wildman–Crippen LogP) is 3.02. The van der Waals surface area contributed by atoms with Crippen LogP contribution in [0.5, 0.6) is 0 Å². The van der Waals surface area contributed by atoms with Crippen molar-refractivity contribution >= 4 is 22.9 Å². The predicted molar refractivity (Wildman–Crippen MR) is 98.2 cm³/mol. The molecule has 3 rings (SSSR count). The van der Waals surface area contributed by atoms with Crippen molar-refractivity contribution in [2.24, 2.45) is 5.92 Å². The van der Waals surface area contributed by atoms with Crippen LogP contribution < -0.4 is 10.6 Å². The van der Waals surface area contributed by atoms with Gasteiger partial charge in [-0.15, -0.1) is 0 Å². The molecular weight excluding hydrogens is 316 g/mol. The lowest BCUT2D eigenvalue weighted by molar-refractivity contribution is -0.121. The van der Waals surface area contributed by atoms with Crippen LogP contribution in [0, 0.1) is 5.92 Å². The largest absolute Gasteiger partial charge is 0.364 e. The van der Waals surface area contributed by atoms with Crippen LogP contribution >= 0.6 is 0 Å². The molecule has 1 unspecified atom stereocenters. The van der Waals surface area contributed by atoms with Crippen LogP contribution in [0.3, 0.4) is 0 Å². The number of carbonyl (C=O) groups excluding carboxylic acids is 1. The van der Waals surface area contributed by atoms with Crippen molar-refractivity contribution < 1.29 is 4.79 Å². The smallest absolute Gasteiger partial charge is 0.220 e. The summed E-state index contributed by atoms with van der Waals surface area (Å²) in [4.78, 5) is 27.7. The number of rotatable bonds is 8. The summed E-state index contributed by atoms with van der Waals surface area (Å²) in [7, 11) is 0. The van der Waals surface area contributed by atoms with Gasteiger partial charge in [0.05, 0.1) is 6.33 Å². The van der Waals surface area contributed by atoms with E-state index in [2.05, 4.69) is 37.5 Å². The van der Waals surface area contributed by atoms with Gasteiger partial charge in [0, 0.05) is 19.0 Å². The highest BCUT2D eigenvalue weighted by molar-refractivity contribution is 5.82. The van der Waals surface area contributed by atoms with Gasteiger partial charge in [0.1, 0.15) is 11.8 Å². The standard InChI is InChI=1S/C18H28N6O/c1-2-14(24-18-16-17(21-11-20-16)22-12-23-18)10-19-15(25)9-8-13-6-4-3-5-7-13/h11-14H,2-10H2,1H3,(H,19,25)(H2,20,21,22,23,24). The van der Waals surface area contributed by atoms with Crippen molar-refractivity contribution in [3.63, 3.8) is 0 Å². The van der Waals surface area contributed by atoms with Gasteiger partial charge < -0.3 is 15.6 Å². The molecule has 2 aromatic heterocycles. The van der Waals surface area contributed by atoms with Gasteiger partial charge in [-0.05, 0) is 18.8 Å². The average molecular weight is 344 g/mol. The van der Waals surface area contributed by atoms with Crippen LogP contribution in [-0.4, -0.2) is 38.4 Å². The van der Waals surface area contributed by atoms with Crippen LogP contribution in [0.2, 0.25) is 0 Å². The molecule has 1 atom stereocenters. The van der Waals surface area contributed by atoms with Crippen LogP contribution in [0.1, 0.15) is 58.3 Å². The molecule has 0 aromatic carbocycles. The van der Waals surface area contributed by atoms with E-state index in [4.69, 9.17) is 0 Å². The van der Waals surface area contributed by atoms with Crippen LogP contribution in [0.15, 0.2) is 12.7 Å². The fourth-order valence-electron chi connectivity index (χ4n) is 3.50. The number of nitrogens with zero attached hydrogens (tertiary/aromatic N) is 3. The van der Waals surface area contributed by atoms with E-state index in [-0.39, 0.29) is 11.9 Å². The summed E-state index contributed by atoms with van der Waals surface area (Å²) in [6.45, 7) is 2.69. The second-order valence-corrected chi connectivity index (χ2v) is 6.92. The molecule has 0 saturated heterocycles. The third kappa shape index (κ3) is 4.90. The Hall–Kier alpha value is -2.18. The van der Waals surface area contributed by atoms with Gasteiger partial charge in [0.25, 0.3) is 0 Å². The summed E-state index contributed by atoms with van der Waals surface area (Å²) >= 11 is 0. The molecule has 0 spiro atoms.